The van der Waals surface area contributed by atoms with E-state index in [1.165, 1.54) is 39.5 Å². The average Bonchev–Trinajstić information content (AvgIpc) is 2.75. The number of hydrogen-bond donors (Lipinski definition) is 3. The number of phenolic OH excluding ortho intramolecular Hbond substituents is 1. The molecule has 158 valence electrons. The summed E-state index contributed by atoms with van der Waals surface area (Å²) in [4.78, 5) is 11.3. The highest BCUT2D eigenvalue weighted by Gasteiger charge is 2.24. The van der Waals surface area contributed by atoms with E-state index >= 15 is 0 Å². The Labute approximate surface area is 169 Å². The lowest BCUT2D eigenvalue weighted by Gasteiger charge is -2.24. The zero-order chi connectivity index (χ0) is 21.4. The second-order valence-corrected chi connectivity index (χ2v) is 6.28. The van der Waals surface area contributed by atoms with Crippen LogP contribution in [0, 0.1) is 0 Å². The molecule has 8 nitrogen and oxygen atoms in total. The fourth-order valence-electron chi connectivity index (χ4n) is 2.77. The van der Waals surface area contributed by atoms with Gasteiger partial charge in [0.15, 0.2) is 29.1 Å². The van der Waals surface area contributed by atoms with Crippen LogP contribution in [0.2, 0.25) is 0 Å². The molecule has 0 aliphatic rings. The third-order valence-corrected chi connectivity index (χ3v) is 4.43. The smallest absolute Gasteiger partial charge is 0.305 e. The topological polar surface area (TPSA) is 115 Å². The van der Waals surface area contributed by atoms with Gasteiger partial charge in [-0.05, 0) is 41.8 Å². The molecular formula is C21H26O8. The predicted octanol–water partition coefficient (Wildman–Crippen LogP) is 1.99. The van der Waals surface area contributed by atoms with Gasteiger partial charge in [0.25, 0.3) is 0 Å². The molecular weight excluding hydrogens is 380 g/mol. The van der Waals surface area contributed by atoms with Crippen LogP contribution in [-0.2, 0) is 16.0 Å². The standard InChI is InChI=1S/C21H26O8/c1-26-17-11-14(6-7-15(17)23)21(25)19(12-22)29-16-8-4-13(10-18(16)27-2)5-9-20(24)28-3/h4,6-8,10-11,19,21-23,25H,5,9,12H2,1-3H3/t19-,21-/m0/s1. The summed E-state index contributed by atoms with van der Waals surface area (Å²) >= 11 is 0. The highest BCUT2D eigenvalue weighted by Crippen LogP contribution is 2.34. The predicted molar refractivity (Wildman–Crippen MR) is 104 cm³/mol. The fourth-order valence-corrected chi connectivity index (χ4v) is 2.77. The Bertz CT molecular complexity index is 820. The summed E-state index contributed by atoms with van der Waals surface area (Å²) in [5.74, 6) is 0.566. The molecule has 2 aromatic carbocycles. The lowest BCUT2D eigenvalue weighted by Crippen LogP contribution is -2.29. The molecule has 2 rings (SSSR count). The van der Waals surface area contributed by atoms with Crippen molar-refractivity contribution >= 4 is 5.97 Å². The summed E-state index contributed by atoms with van der Waals surface area (Å²) in [6, 6.07) is 9.52. The van der Waals surface area contributed by atoms with E-state index < -0.39 is 18.8 Å². The van der Waals surface area contributed by atoms with Crippen molar-refractivity contribution < 1.29 is 39.1 Å². The van der Waals surface area contributed by atoms with E-state index in [1.807, 2.05) is 0 Å². The van der Waals surface area contributed by atoms with Gasteiger partial charge in [0.05, 0.1) is 27.9 Å². The minimum atomic E-state index is -1.18. The summed E-state index contributed by atoms with van der Waals surface area (Å²) in [5, 5.41) is 30.1. The second-order valence-electron chi connectivity index (χ2n) is 6.28. The Hall–Kier alpha value is -2.97. The molecule has 0 saturated carbocycles. The minimum Gasteiger partial charge on any atom is -0.504 e. The zero-order valence-electron chi connectivity index (χ0n) is 16.6. The molecule has 0 radical (unpaired) electrons. The monoisotopic (exact) mass is 406 g/mol. The minimum absolute atomic E-state index is 0.0610. The van der Waals surface area contributed by atoms with Gasteiger partial charge < -0.3 is 34.3 Å². The van der Waals surface area contributed by atoms with E-state index in [1.54, 1.807) is 18.2 Å². The van der Waals surface area contributed by atoms with Gasteiger partial charge in [0.1, 0.15) is 6.10 Å². The van der Waals surface area contributed by atoms with Crippen molar-refractivity contribution in [2.24, 2.45) is 0 Å². The van der Waals surface area contributed by atoms with Crippen LogP contribution in [0.25, 0.3) is 0 Å². The fraction of sp³-hybridized carbons (Fsp3) is 0.381. The van der Waals surface area contributed by atoms with Crippen molar-refractivity contribution in [1.82, 2.24) is 0 Å². The van der Waals surface area contributed by atoms with Crippen LogP contribution < -0.4 is 14.2 Å². The van der Waals surface area contributed by atoms with Crippen LogP contribution in [-0.4, -0.2) is 55.3 Å². The summed E-state index contributed by atoms with van der Waals surface area (Å²) in [6.07, 6.45) is -1.46. The molecule has 0 aromatic heterocycles. The number of aliphatic hydroxyl groups is 2. The first-order valence-corrected chi connectivity index (χ1v) is 8.99. The van der Waals surface area contributed by atoms with Crippen molar-refractivity contribution in [1.29, 1.82) is 0 Å². The van der Waals surface area contributed by atoms with Crippen LogP contribution in [0.1, 0.15) is 23.7 Å². The highest BCUT2D eigenvalue weighted by molar-refractivity contribution is 5.69. The number of hydrogen-bond acceptors (Lipinski definition) is 8. The molecule has 0 fully saturated rings. The molecule has 0 amide bonds. The van der Waals surface area contributed by atoms with Gasteiger partial charge in [-0.2, -0.15) is 0 Å². The van der Waals surface area contributed by atoms with E-state index in [2.05, 4.69) is 4.74 Å². The first kappa shape index (κ1) is 22.3. The number of methoxy groups -OCH3 is 3. The van der Waals surface area contributed by atoms with Crippen LogP contribution in [0.3, 0.4) is 0 Å². The average molecular weight is 406 g/mol. The summed E-state index contributed by atoms with van der Waals surface area (Å²) < 4.78 is 20.8. The summed E-state index contributed by atoms with van der Waals surface area (Å²) in [5.41, 5.74) is 1.26. The number of phenols is 1. The van der Waals surface area contributed by atoms with Crippen LogP contribution in [0.5, 0.6) is 23.0 Å². The Balaban J connectivity index is 2.17. The molecule has 0 heterocycles. The number of ether oxygens (including phenoxy) is 4. The maximum atomic E-state index is 11.3. The largest absolute Gasteiger partial charge is 0.504 e. The van der Waals surface area contributed by atoms with Crippen molar-refractivity contribution in [3.8, 4) is 23.0 Å². The molecule has 0 saturated heterocycles. The molecule has 0 spiro atoms. The number of rotatable bonds is 10. The number of benzene rings is 2. The van der Waals surface area contributed by atoms with Gasteiger partial charge in [0.2, 0.25) is 0 Å². The Kier molecular flexibility index (Phi) is 8.11. The van der Waals surface area contributed by atoms with Gasteiger partial charge in [-0.15, -0.1) is 0 Å². The quantitative estimate of drug-likeness (QED) is 0.513. The first-order chi connectivity index (χ1) is 13.9. The molecule has 0 bridgehead atoms. The van der Waals surface area contributed by atoms with E-state index in [9.17, 15) is 20.1 Å². The summed E-state index contributed by atoms with van der Waals surface area (Å²) in [7, 11) is 4.21. The third-order valence-electron chi connectivity index (χ3n) is 4.43. The van der Waals surface area contributed by atoms with Crippen LogP contribution in [0.15, 0.2) is 36.4 Å². The number of esters is 1. The second kappa shape index (κ2) is 10.5. The number of carbonyl (C=O) groups excluding carboxylic acids is 1. The molecule has 2 aromatic rings. The molecule has 0 aliphatic heterocycles. The van der Waals surface area contributed by atoms with Crippen LogP contribution >= 0.6 is 0 Å². The molecule has 2 atom stereocenters. The van der Waals surface area contributed by atoms with Gasteiger partial charge >= 0.3 is 5.97 Å². The molecule has 8 heteroatoms. The first-order valence-electron chi connectivity index (χ1n) is 8.99. The normalized spacial score (nSPS) is 12.7. The number of aryl methyl sites for hydroxylation is 1. The van der Waals surface area contributed by atoms with Gasteiger partial charge in [-0.3, -0.25) is 4.79 Å². The van der Waals surface area contributed by atoms with Gasteiger partial charge in [0, 0.05) is 6.42 Å². The summed E-state index contributed by atoms with van der Waals surface area (Å²) in [6.45, 7) is -0.461. The number of aromatic hydroxyl groups is 1. The SMILES string of the molecule is COC(=O)CCc1ccc(O[C@@H](CO)[C@@H](O)c2ccc(O)c(OC)c2)c(OC)c1. The van der Waals surface area contributed by atoms with E-state index in [4.69, 9.17) is 14.2 Å². The van der Waals surface area contributed by atoms with Crippen molar-refractivity contribution in [3.63, 3.8) is 0 Å². The van der Waals surface area contributed by atoms with Crippen molar-refractivity contribution in [2.45, 2.75) is 25.0 Å². The van der Waals surface area contributed by atoms with Crippen LogP contribution in [0.4, 0.5) is 0 Å². The lowest BCUT2D eigenvalue weighted by atomic mass is 10.0. The Morgan fingerprint density at radius 1 is 1.00 bits per heavy atom. The maximum absolute atomic E-state index is 11.3. The zero-order valence-corrected chi connectivity index (χ0v) is 16.6. The highest BCUT2D eigenvalue weighted by atomic mass is 16.5. The lowest BCUT2D eigenvalue weighted by molar-refractivity contribution is -0.140. The third kappa shape index (κ3) is 5.75. The maximum Gasteiger partial charge on any atom is 0.305 e. The molecule has 0 unspecified atom stereocenters. The van der Waals surface area contributed by atoms with E-state index in [0.29, 0.717) is 23.5 Å². The Morgan fingerprint density at radius 3 is 2.34 bits per heavy atom. The van der Waals surface area contributed by atoms with Crippen molar-refractivity contribution in [2.75, 3.05) is 27.9 Å². The molecule has 29 heavy (non-hydrogen) atoms. The Morgan fingerprint density at radius 2 is 1.72 bits per heavy atom. The van der Waals surface area contributed by atoms with E-state index in [-0.39, 0.29) is 23.9 Å². The number of aliphatic hydroxyl groups excluding tert-OH is 2. The van der Waals surface area contributed by atoms with E-state index in [0.717, 1.165) is 5.56 Å². The molecule has 3 N–H and O–H groups in total. The van der Waals surface area contributed by atoms with Gasteiger partial charge in [-0.25, -0.2) is 0 Å². The van der Waals surface area contributed by atoms with Gasteiger partial charge in [-0.1, -0.05) is 12.1 Å². The molecule has 0 aliphatic carbocycles. The van der Waals surface area contributed by atoms with Crippen molar-refractivity contribution in [3.05, 3.63) is 47.5 Å². The number of carbonyl (C=O) groups is 1.